The lowest BCUT2D eigenvalue weighted by atomic mass is 9.97. The SMILES string of the molecule is Cc1ccccc1CN(Cc1ccccc1C)[C@H](CO)Cc1cccc(C[C@@H](CO)N(Cc2ccccc2C)Cc2ccccc2C)c1. The van der Waals surface area contributed by atoms with Gasteiger partial charge in [0.1, 0.15) is 0 Å². The normalized spacial score (nSPS) is 12.8. The van der Waals surface area contributed by atoms with Crippen LogP contribution in [-0.2, 0) is 39.0 Å². The van der Waals surface area contributed by atoms with Gasteiger partial charge in [0.05, 0.1) is 13.2 Å². The van der Waals surface area contributed by atoms with E-state index < -0.39 is 0 Å². The molecule has 5 aromatic carbocycles. The van der Waals surface area contributed by atoms with Crippen molar-refractivity contribution in [2.45, 2.75) is 78.8 Å². The van der Waals surface area contributed by atoms with Gasteiger partial charge < -0.3 is 10.2 Å². The summed E-state index contributed by atoms with van der Waals surface area (Å²) in [5.41, 5.74) is 12.6. The molecule has 48 heavy (non-hydrogen) atoms. The lowest BCUT2D eigenvalue weighted by Gasteiger charge is -2.33. The van der Waals surface area contributed by atoms with Gasteiger partial charge in [-0.05, 0) is 96.2 Å². The number of benzene rings is 5. The smallest absolute Gasteiger partial charge is 0.0590 e. The summed E-state index contributed by atoms with van der Waals surface area (Å²) in [6, 6.07) is 42.9. The molecule has 4 nitrogen and oxygen atoms in total. The molecule has 0 aromatic heterocycles. The first-order chi connectivity index (χ1) is 23.3. The van der Waals surface area contributed by atoms with Crippen molar-refractivity contribution in [1.82, 2.24) is 9.80 Å². The number of aliphatic hydroxyl groups is 2. The Morgan fingerprint density at radius 3 is 0.979 bits per heavy atom. The van der Waals surface area contributed by atoms with E-state index in [1.54, 1.807) is 0 Å². The Balaban J connectivity index is 1.38. The van der Waals surface area contributed by atoms with Crippen LogP contribution in [0.15, 0.2) is 121 Å². The first kappa shape index (κ1) is 35.3. The third kappa shape index (κ3) is 9.52. The molecule has 4 heteroatoms. The summed E-state index contributed by atoms with van der Waals surface area (Å²) in [7, 11) is 0. The zero-order chi connectivity index (χ0) is 33.9. The number of hydrogen-bond donors (Lipinski definition) is 2. The Hall–Kier alpha value is -4.06. The van der Waals surface area contributed by atoms with Crippen LogP contribution in [0.25, 0.3) is 0 Å². The van der Waals surface area contributed by atoms with Gasteiger partial charge in [0.15, 0.2) is 0 Å². The summed E-state index contributed by atoms with van der Waals surface area (Å²) in [5.74, 6) is 0. The molecule has 0 aliphatic carbocycles. The number of aliphatic hydroxyl groups excluding tert-OH is 2. The molecule has 0 radical (unpaired) electrons. The second-order valence-electron chi connectivity index (χ2n) is 13.4. The van der Waals surface area contributed by atoms with Crippen LogP contribution in [0, 0.1) is 27.7 Å². The van der Waals surface area contributed by atoms with Crippen molar-refractivity contribution in [2.75, 3.05) is 13.2 Å². The quantitative estimate of drug-likeness (QED) is 0.114. The highest BCUT2D eigenvalue weighted by Gasteiger charge is 2.23. The molecule has 0 aliphatic heterocycles. The van der Waals surface area contributed by atoms with Crippen molar-refractivity contribution < 1.29 is 10.2 Å². The molecule has 2 atom stereocenters. The van der Waals surface area contributed by atoms with Crippen molar-refractivity contribution >= 4 is 0 Å². The van der Waals surface area contributed by atoms with Crippen LogP contribution in [0.4, 0.5) is 0 Å². The van der Waals surface area contributed by atoms with E-state index in [1.165, 1.54) is 55.6 Å². The van der Waals surface area contributed by atoms with Gasteiger partial charge >= 0.3 is 0 Å². The minimum atomic E-state index is -0.0493. The monoisotopic (exact) mass is 640 g/mol. The minimum Gasteiger partial charge on any atom is -0.395 e. The van der Waals surface area contributed by atoms with Crippen LogP contribution in [-0.4, -0.2) is 45.3 Å². The molecular formula is C44H52N2O2. The van der Waals surface area contributed by atoms with Crippen molar-refractivity contribution in [3.63, 3.8) is 0 Å². The zero-order valence-corrected chi connectivity index (χ0v) is 29.1. The van der Waals surface area contributed by atoms with E-state index in [-0.39, 0.29) is 25.3 Å². The maximum Gasteiger partial charge on any atom is 0.0590 e. The summed E-state index contributed by atoms with van der Waals surface area (Å²) >= 11 is 0. The van der Waals surface area contributed by atoms with Gasteiger partial charge in [-0.25, -0.2) is 0 Å². The highest BCUT2D eigenvalue weighted by Crippen LogP contribution is 2.23. The van der Waals surface area contributed by atoms with Gasteiger partial charge in [-0.1, -0.05) is 121 Å². The molecule has 0 bridgehead atoms. The van der Waals surface area contributed by atoms with E-state index in [2.05, 4.69) is 159 Å². The third-order valence-corrected chi connectivity index (χ3v) is 9.93. The number of hydrogen-bond acceptors (Lipinski definition) is 4. The summed E-state index contributed by atoms with van der Waals surface area (Å²) in [4.78, 5) is 4.86. The lowest BCUT2D eigenvalue weighted by Crippen LogP contribution is -2.39. The first-order valence-electron chi connectivity index (χ1n) is 17.3. The van der Waals surface area contributed by atoms with Crippen LogP contribution in [0.2, 0.25) is 0 Å². The van der Waals surface area contributed by atoms with Gasteiger partial charge in [-0.15, -0.1) is 0 Å². The van der Waals surface area contributed by atoms with Gasteiger partial charge in [0, 0.05) is 38.3 Å². The highest BCUT2D eigenvalue weighted by molar-refractivity contribution is 5.31. The summed E-state index contributed by atoms with van der Waals surface area (Å²) < 4.78 is 0. The summed E-state index contributed by atoms with van der Waals surface area (Å²) in [6.07, 6.45) is 1.48. The fourth-order valence-corrected chi connectivity index (χ4v) is 6.70. The Bertz CT molecular complexity index is 1530. The summed E-state index contributed by atoms with van der Waals surface area (Å²) in [5, 5.41) is 21.6. The van der Waals surface area contributed by atoms with Crippen LogP contribution in [0.1, 0.15) is 55.6 Å². The summed E-state index contributed by atoms with van der Waals surface area (Å²) in [6.45, 7) is 11.9. The molecular weight excluding hydrogens is 588 g/mol. The maximum atomic E-state index is 10.8. The molecule has 0 fully saturated rings. The van der Waals surface area contributed by atoms with E-state index in [1.807, 2.05) is 0 Å². The second-order valence-corrected chi connectivity index (χ2v) is 13.4. The van der Waals surface area contributed by atoms with E-state index in [9.17, 15) is 10.2 Å². The molecule has 0 heterocycles. The Morgan fingerprint density at radius 2 is 0.708 bits per heavy atom. The molecule has 0 saturated carbocycles. The van der Waals surface area contributed by atoms with E-state index >= 15 is 0 Å². The third-order valence-electron chi connectivity index (χ3n) is 9.93. The average Bonchev–Trinajstić information content (AvgIpc) is 3.09. The predicted molar refractivity (Wildman–Crippen MR) is 199 cm³/mol. The lowest BCUT2D eigenvalue weighted by molar-refractivity contribution is 0.108. The Labute approximate surface area is 288 Å². The van der Waals surface area contributed by atoms with E-state index in [0.717, 1.165) is 39.0 Å². The van der Waals surface area contributed by atoms with Crippen molar-refractivity contribution in [3.05, 3.63) is 177 Å². The fraction of sp³-hybridized carbons (Fsp3) is 0.318. The number of nitrogens with zero attached hydrogens (tertiary/aromatic N) is 2. The largest absolute Gasteiger partial charge is 0.395 e. The molecule has 0 aliphatic rings. The van der Waals surface area contributed by atoms with Gasteiger partial charge in [0.25, 0.3) is 0 Å². The fourth-order valence-electron chi connectivity index (χ4n) is 6.70. The highest BCUT2D eigenvalue weighted by atomic mass is 16.3. The van der Waals surface area contributed by atoms with Crippen LogP contribution in [0.5, 0.6) is 0 Å². The molecule has 0 unspecified atom stereocenters. The van der Waals surface area contributed by atoms with Gasteiger partial charge in [-0.3, -0.25) is 9.80 Å². The van der Waals surface area contributed by atoms with E-state index in [4.69, 9.17) is 0 Å². The number of rotatable bonds is 16. The molecule has 0 amide bonds. The van der Waals surface area contributed by atoms with Gasteiger partial charge in [0.2, 0.25) is 0 Å². The number of aryl methyl sites for hydroxylation is 4. The topological polar surface area (TPSA) is 46.9 Å². The Morgan fingerprint density at radius 1 is 0.417 bits per heavy atom. The van der Waals surface area contributed by atoms with Crippen LogP contribution >= 0.6 is 0 Å². The van der Waals surface area contributed by atoms with Crippen LogP contribution < -0.4 is 0 Å². The van der Waals surface area contributed by atoms with E-state index in [0.29, 0.717) is 0 Å². The van der Waals surface area contributed by atoms with Crippen LogP contribution in [0.3, 0.4) is 0 Å². The maximum absolute atomic E-state index is 10.8. The van der Waals surface area contributed by atoms with Gasteiger partial charge in [-0.2, -0.15) is 0 Å². The molecule has 2 N–H and O–H groups in total. The molecule has 5 rings (SSSR count). The standard InChI is InChI=1S/C44H52N2O2/c1-33-14-5-9-20-39(33)27-45(28-40-21-10-6-15-34(40)2)43(31-47)25-37-18-13-19-38(24-37)26-44(32-48)46(29-41-22-11-7-16-35(41)3)30-42-23-12-8-17-36(42)4/h5-24,43-44,47-48H,25-32H2,1-4H3/t43-,44-/m0/s1. The second kappa shape index (κ2) is 17.4. The zero-order valence-electron chi connectivity index (χ0n) is 29.1. The first-order valence-corrected chi connectivity index (χ1v) is 17.3. The van der Waals surface area contributed by atoms with Crippen molar-refractivity contribution in [2.24, 2.45) is 0 Å². The Kier molecular flexibility index (Phi) is 12.8. The molecule has 0 saturated heterocycles. The molecule has 5 aromatic rings. The predicted octanol–water partition coefficient (Wildman–Crippen LogP) is 8.13. The molecule has 0 spiro atoms. The molecule has 250 valence electrons. The average molecular weight is 641 g/mol. The minimum absolute atomic E-state index is 0.0493. The van der Waals surface area contributed by atoms with Crippen molar-refractivity contribution in [3.8, 4) is 0 Å². The van der Waals surface area contributed by atoms with Crippen molar-refractivity contribution in [1.29, 1.82) is 0 Å².